The highest BCUT2D eigenvalue weighted by Crippen LogP contribution is 2.27. The molecular formula is C24H24O12. The van der Waals surface area contributed by atoms with Crippen molar-refractivity contribution in [2.45, 2.75) is 30.7 Å². The number of rotatable bonds is 7. The second-order valence-electron chi connectivity index (χ2n) is 7.74. The van der Waals surface area contributed by atoms with Crippen LogP contribution in [0.15, 0.2) is 48.6 Å². The van der Waals surface area contributed by atoms with Crippen LogP contribution < -0.4 is 0 Å². The zero-order valence-corrected chi connectivity index (χ0v) is 18.5. The monoisotopic (exact) mass is 504 g/mol. The van der Waals surface area contributed by atoms with E-state index in [1.165, 1.54) is 48.6 Å². The lowest BCUT2D eigenvalue weighted by Crippen LogP contribution is -2.60. The predicted octanol–water partition coefficient (Wildman–Crippen LogP) is 0.130. The van der Waals surface area contributed by atoms with Crippen LogP contribution in [0.3, 0.4) is 0 Å². The standard InChI is InChI=1S/C24H24O12/c25-14-5-1-12(9-16(14)27)3-7-19(29)34-11-18-21(31)23(22(32)24(33)35-18)36-20(30)8-4-13-2-6-15(26)17(28)10-13/h1-10,18,21-28,31-33H,11H2/b7-3+,8-4+/t18-,21-,22-,23+,24?/m1/s1. The van der Waals surface area contributed by atoms with Crippen molar-refractivity contribution in [1.29, 1.82) is 0 Å². The van der Waals surface area contributed by atoms with E-state index >= 15 is 0 Å². The van der Waals surface area contributed by atoms with E-state index in [1.54, 1.807) is 0 Å². The SMILES string of the molecule is O=C(/C=C/c1ccc(O)c(O)c1)OC[C@H]1OC(O)[C@H](O)[C@@H](OC(=O)/C=C/c2ccc(O)c(O)c2)[C@@H]1O. The van der Waals surface area contributed by atoms with Gasteiger partial charge >= 0.3 is 11.9 Å². The summed E-state index contributed by atoms with van der Waals surface area (Å²) >= 11 is 0. The van der Waals surface area contributed by atoms with Crippen LogP contribution in [0.1, 0.15) is 11.1 Å². The molecule has 0 aromatic heterocycles. The average Bonchev–Trinajstić information content (AvgIpc) is 2.84. The topological polar surface area (TPSA) is 203 Å². The molecule has 0 radical (unpaired) electrons. The molecule has 2 aromatic rings. The minimum absolute atomic E-state index is 0.329. The van der Waals surface area contributed by atoms with Crippen LogP contribution >= 0.6 is 0 Å². The third kappa shape index (κ3) is 6.73. The molecule has 1 saturated heterocycles. The summed E-state index contributed by atoms with van der Waals surface area (Å²) in [4.78, 5) is 24.2. The first-order valence-corrected chi connectivity index (χ1v) is 10.5. The zero-order valence-electron chi connectivity index (χ0n) is 18.5. The van der Waals surface area contributed by atoms with Crippen LogP contribution in [-0.2, 0) is 23.8 Å². The molecule has 0 spiro atoms. The summed E-state index contributed by atoms with van der Waals surface area (Å²) < 4.78 is 15.1. The van der Waals surface area contributed by atoms with Gasteiger partial charge in [-0.3, -0.25) is 0 Å². The first kappa shape index (κ1) is 26.5. The number of esters is 2. The molecular weight excluding hydrogens is 480 g/mol. The maximum Gasteiger partial charge on any atom is 0.331 e. The fourth-order valence-electron chi connectivity index (χ4n) is 3.20. The minimum atomic E-state index is -1.86. The molecule has 12 nitrogen and oxygen atoms in total. The van der Waals surface area contributed by atoms with E-state index in [2.05, 4.69) is 0 Å². The van der Waals surface area contributed by atoms with Crippen LogP contribution in [0.25, 0.3) is 12.2 Å². The predicted molar refractivity (Wildman–Crippen MR) is 121 cm³/mol. The van der Waals surface area contributed by atoms with Gasteiger partial charge in [0.05, 0.1) is 0 Å². The van der Waals surface area contributed by atoms with Gasteiger partial charge in [-0.05, 0) is 47.5 Å². The summed E-state index contributed by atoms with van der Waals surface area (Å²) in [6, 6.07) is 7.67. The fraction of sp³-hybridized carbons (Fsp3) is 0.250. The van der Waals surface area contributed by atoms with Crippen LogP contribution in [0.5, 0.6) is 23.0 Å². The minimum Gasteiger partial charge on any atom is -0.504 e. The molecule has 3 rings (SSSR count). The summed E-state index contributed by atoms with van der Waals surface area (Å²) in [5, 5.41) is 68.1. The van der Waals surface area contributed by atoms with Gasteiger partial charge in [0.15, 0.2) is 35.4 Å². The number of carbonyl (C=O) groups is 2. The highest BCUT2D eigenvalue weighted by molar-refractivity contribution is 5.88. The van der Waals surface area contributed by atoms with E-state index in [4.69, 9.17) is 14.2 Å². The van der Waals surface area contributed by atoms with Gasteiger partial charge in [-0.2, -0.15) is 0 Å². The van der Waals surface area contributed by atoms with Crippen molar-refractivity contribution in [1.82, 2.24) is 0 Å². The smallest absolute Gasteiger partial charge is 0.331 e. The lowest BCUT2D eigenvalue weighted by Gasteiger charge is -2.39. The molecule has 2 aromatic carbocycles. The fourth-order valence-corrected chi connectivity index (χ4v) is 3.20. The normalized spacial score (nSPS) is 24.1. The highest BCUT2D eigenvalue weighted by Gasteiger charge is 2.46. The number of benzene rings is 2. The van der Waals surface area contributed by atoms with Crippen molar-refractivity contribution in [2.24, 2.45) is 0 Å². The van der Waals surface area contributed by atoms with Gasteiger partial charge in [-0.1, -0.05) is 12.1 Å². The van der Waals surface area contributed by atoms with E-state index in [-0.39, 0.29) is 17.2 Å². The number of aliphatic hydroxyl groups excluding tert-OH is 3. The van der Waals surface area contributed by atoms with E-state index < -0.39 is 55.0 Å². The number of aromatic hydroxyl groups is 4. The van der Waals surface area contributed by atoms with E-state index in [1.807, 2.05) is 0 Å². The van der Waals surface area contributed by atoms with E-state index in [9.17, 15) is 45.3 Å². The Morgan fingerprint density at radius 1 is 0.778 bits per heavy atom. The largest absolute Gasteiger partial charge is 0.504 e. The molecule has 0 saturated carbocycles. The number of carbonyl (C=O) groups excluding carboxylic acids is 2. The van der Waals surface area contributed by atoms with Crippen molar-refractivity contribution in [3.63, 3.8) is 0 Å². The second-order valence-corrected chi connectivity index (χ2v) is 7.74. The van der Waals surface area contributed by atoms with Crippen molar-refractivity contribution in [3.8, 4) is 23.0 Å². The lowest BCUT2D eigenvalue weighted by molar-refractivity contribution is -0.289. The summed E-state index contributed by atoms with van der Waals surface area (Å²) in [7, 11) is 0. The molecule has 12 heteroatoms. The van der Waals surface area contributed by atoms with Gasteiger partial charge in [0, 0.05) is 12.2 Å². The van der Waals surface area contributed by atoms with Crippen molar-refractivity contribution in [3.05, 3.63) is 59.7 Å². The van der Waals surface area contributed by atoms with Gasteiger partial charge in [0.25, 0.3) is 0 Å². The molecule has 7 N–H and O–H groups in total. The van der Waals surface area contributed by atoms with Crippen molar-refractivity contribution < 1.29 is 59.5 Å². The molecule has 0 bridgehead atoms. The summed E-state index contributed by atoms with van der Waals surface area (Å²) in [5.74, 6) is -3.34. The maximum atomic E-state index is 12.2. The van der Waals surface area contributed by atoms with Gasteiger partial charge in [-0.25, -0.2) is 9.59 Å². The molecule has 0 aliphatic carbocycles. The van der Waals surface area contributed by atoms with Crippen LogP contribution in [-0.4, -0.2) is 85.0 Å². The molecule has 1 aliphatic rings. The molecule has 0 amide bonds. The highest BCUT2D eigenvalue weighted by atomic mass is 16.7. The van der Waals surface area contributed by atoms with Crippen LogP contribution in [0.2, 0.25) is 0 Å². The first-order chi connectivity index (χ1) is 17.0. The molecule has 5 atom stereocenters. The van der Waals surface area contributed by atoms with Crippen LogP contribution in [0, 0.1) is 0 Å². The zero-order chi connectivity index (χ0) is 26.4. The number of ether oxygens (including phenoxy) is 3. The lowest BCUT2D eigenvalue weighted by atomic mass is 9.99. The van der Waals surface area contributed by atoms with Gasteiger partial charge in [0.1, 0.15) is 24.9 Å². The van der Waals surface area contributed by atoms with Gasteiger partial charge in [-0.15, -0.1) is 0 Å². The Morgan fingerprint density at radius 2 is 1.31 bits per heavy atom. The molecule has 192 valence electrons. The van der Waals surface area contributed by atoms with Crippen molar-refractivity contribution in [2.75, 3.05) is 6.61 Å². The Hall–Kier alpha value is -4.10. The Balaban J connectivity index is 1.58. The number of hydrogen-bond donors (Lipinski definition) is 7. The first-order valence-electron chi connectivity index (χ1n) is 10.5. The maximum absolute atomic E-state index is 12.2. The number of hydrogen-bond acceptors (Lipinski definition) is 12. The second kappa shape index (κ2) is 11.6. The van der Waals surface area contributed by atoms with E-state index in [0.717, 1.165) is 12.2 Å². The summed E-state index contributed by atoms with van der Waals surface area (Å²) in [5.41, 5.74) is 0.730. The van der Waals surface area contributed by atoms with Gasteiger partial charge < -0.3 is 50.0 Å². The Morgan fingerprint density at radius 3 is 1.83 bits per heavy atom. The number of phenolic OH excluding ortho intramolecular Hbond substituents is 4. The molecule has 1 unspecified atom stereocenters. The van der Waals surface area contributed by atoms with E-state index in [0.29, 0.717) is 11.1 Å². The molecule has 36 heavy (non-hydrogen) atoms. The van der Waals surface area contributed by atoms with Gasteiger partial charge in [0.2, 0.25) is 0 Å². The quantitative estimate of drug-likeness (QED) is 0.153. The average molecular weight is 504 g/mol. The van der Waals surface area contributed by atoms with Crippen LogP contribution in [0.4, 0.5) is 0 Å². The number of aliphatic hydroxyl groups is 3. The van der Waals surface area contributed by atoms with Crippen molar-refractivity contribution >= 4 is 24.1 Å². The summed E-state index contributed by atoms with van der Waals surface area (Å²) in [6.45, 7) is -0.564. The number of phenols is 4. The third-order valence-electron chi connectivity index (χ3n) is 5.13. The molecule has 1 fully saturated rings. The third-order valence-corrected chi connectivity index (χ3v) is 5.13. The molecule has 1 heterocycles. The summed E-state index contributed by atoms with van der Waals surface area (Å²) in [6.07, 6.45) is -3.83. The Bertz CT molecular complexity index is 1160. The molecule has 1 aliphatic heterocycles. The Labute approximate surface area is 204 Å². The Kier molecular flexibility index (Phi) is 8.51.